The molecule has 0 unspecified atom stereocenters. The summed E-state index contributed by atoms with van der Waals surface area (Å²) >= 11 is 3.43. The molecule has 0 saturated carbocycles. The van der Waals surface area contributed by atoms with Crippen molar-refractivity contribution in [3.63, 3.8) is 0 Å². The van der Waals surface area contributed by atoms with Crippen molar-refractivity contribution in [1.29, 1.82) is 0 Å². The van der Waals surface area contributed by atoms with Crippen molar-refractivity contribution in [3.8, 4) is 11.5 Å². The Morgan fingerprint density at radius 1 is 1.19 bits per heavy atom. The van der Waals surface area contributed by atoms with Crippen LogP contribution in [0, 0.1) is 5.82 Å². The number of ether oxygens (including phenoxy) is 2. The molecule has 0 aliphatic heterocycles. The van der Waals surface area contributed by atoms with Gasteiger partial charge in [0.1, 0.15) is 11.6 Å². The lowest BCUT2D eigenvalue weighted by atomic mass is 10.1. The first kappa shape index (κ1) is 30.6. The smallest absolute Gasteiger partial charge is 0.282 e. The summed E-state index contributed by atoms with van der Waals surface area (Å²) in [5.41, 5.74) is 1.75. The first-order chi connectivity index (χ1) is 20.2. The van der Waals surface area contributed by atoms with Gasteiger partial charge in [0.15, 0.2) is 18.1 Å². The minimum Gasteiger partial charge on any atom is -0.490 e. The molecule has 0 spiro atoms. The molecule has 1 heterocycles. The molecule has 10 heteroatoms. The summed E-state index contributed by atoms with van der Waals surface area (Å²) in [6.45, 7) is 9.68. The topological polar surface area (TPSA) is 94.8 Å². The highest BCUT2D eigenvalue weighted by molar-refractivity contribution is 9.10. The molecule has 1 aromatic heterocycles. The Balaban J connectivity index is 1.69. The number of fused-ring (bicyclic) bond motifs is 1. The zero-order valence-electron chi connectivity index (χ0n) is 23.7. The molecular weight excluding hydrogens is 603 g/mol. The predicted molar refractivity (Wildman–Crippen MR) is 167 cm³/mol. The van der Waals surface area contributed by atoms with Crippen LogP contribution in [0.2, 0.25) is 0 Å². The predicted octanol–water partition coefficient (Wildman–Crippen LogP) is 6.84. The minimum absolute atomic E-state index is 0.00973. The van der Waals surface area contributed by atoms with Gasteiger partial charge in [-0.2, -0.15) is 9.78 Å². The van der Waals surface area contributed by atoms with E-state index < -0.39 is 11.7 Å². The average Bonchev–Trinajstić information content (AvgIpc) is 2.97. The molecule has 8 nitrogen and oxygen atoms in total. The van der Waals surface area contributed by atoms with Crippen LogP contribution in [0.15, 0.2) is 81.6 Å². The molecule has 1 N–H and O–H groups in total. The van der Waals surface area contributed by atoms with E-state index in [-0.39, 0.29) is 23.8 Å². The Kier molecular flexibility index (Phi) is 10.2. The van der Waals surface area contributed by atoms with E-state index >= 15 is 0 Å². The largest absolute Gasteiger partial charge is 0.490 e. The maximum Gasteiger partial charge on any atom is 0.282 e. The average molecular weight is 636 g/mol. The highest BCUT2D eigenvalue weighted by atomic mass is 79.9. The standard InChI is InChI=1S/C32H32BrFN4O4/c1-5-10-22-15-21(16-28(41-7-3)30(22)42-19-29(39)36-27-12-9-8-11-25(27)34)18-35-38-31(20(4)6-2)37-26-14-13-23(33)17-24(26)32(38)40/h5,8-9,11-18,20H,1,6-7,10,19H2,2-4H3,(H,36,39)/t20-/m1/s1. The summed E-state index contributed by atoms with van der Waals surface area (Å²) < 4.78 is 27.8. The Morgan fingerprint density at radius 2 is 1.98 bits per heavy atom. The van der Waals surface area contributed by atoms with E-state index in [4.69, 9.17) is 14.5 Å². The van der Waals surface area contributed by atoms with Gasteiger partial charge in [-0.15, -0.1) is 6.58 Å². The number of para-hydroxylation sites is 1. The lowest BCUT2D eigenvalue weighted by Crippen LogP contribution is -2.23. The molecule has 0 aliphatic rings. The molecule has 4 aromatic rings. The second-order valence-corrected chi connectivity index (χ2v) is 10.5. The van der Waals surface area contributed by atoms with Crippen LogP contribution in [0.4, 0.5) is 10.1 Å². The van der Waals surface area contributed by atoms with Crippen LogP contribution in [-0.2, 0) is 11.2 Å². The monoisotopic (exact) mass is 634 g/mol. The van der Waals surface area contributed by atoms with Gasteiger partial charge in [0, 0.05) is 16.0 Å². The Labute approximate surface area is 252 Å². The molecule has 1 atom stereocenters. The molecular formula is C32H32BrFN4O4. The zero-order valence-corrected chi connectivity index (χ0v) is 25.3. The van der Waals surface area contributed by atoms with E-state index in [1.165, 1.54) is 16.8 Å². The fourth-order valence-corrected chi connectivity index (χ4v) is 4.64. The van der Waals surface area contributed by atoms with E-state index in [0.717, 1.165) is 10.9 Å². The maximum atomic E-state index is 14.0. The van der Waals surface area contributed by atoms with E-state index in [9.17, 15) is 14.0 Å². The summed E-state index contributed by atoms with van der Waals surface area (Å²) in [5, 5.41) is 7.53. The van der Waals surface area contributed by atoms with E-state index in [1.54, 1.807) is 36.6 Å². The number of carbonyl (C=O) groups is 1. The summed E-state index contributed by atoms with van der Waals surface area (Å²) in [4.78, 5) is 30.8. The second kappa shape index (κ2) is 14.0. The SMILES string of the molecule is C=CCc1cc(C=Nn2c([C@H](C)CC)nc3ccc(Br)cc3c2=O)cc(OCC)c1OCC(=O)Nc1ccccc1F. The lowest BCUT2D eigenvalue weighted by molar-refractivity contribution is -0.118. The molecule has 0 radical (unpaired) electrons. The van der Waals surface area contributed by atoms with E-state index in [2.05, 4.69) is 32.9 Å². The summed E-state index contributed by atoms with van der Waals surface area (Å²) in [6, 6.07) is 14.9. The third-order valence-corrected chi connectivity index (χ3v) is 7.02. The normalized spacial score (nSPS) is 11.9. The summed E-state index contributed by atoms with van der Waals surface area (Å²) in [6.07, 6.45) is 4.46. The highest BCUT2D eigenvalue weighted by Crippen LogP contribution is 2.34. The number of halogens is 2. The van der Waals surface area contributed by atoms with Crippen molar-refractivity contribution in [3.05, 3.63) is 105 Å². The van der Waals surface area contributed by atoms with Crippen molar-refractivity contribution in [2.75, 3.05) is 18.5 Å². The Bertz CT molecular complexity index is 1700. The first-order valence-electron chi connectivity index (χ1n) is 13.6. The third kappa shape index (κ3) is 7.12. The number of allylic oxidation sites excluding steroid dienone is 1. The Hall–Kier alpha value is -4.31. The van der Waals surface area contributed by atoms with Gasteiger partial charge in [0.25, 0.3) is 11.5 Å². The van der Waals surface area contributed by atoms with Crippen LogP contribution < -0.4 is 20.3 Å². The highest BCUT2D eigenvalue weighted by Gasteiger charge is 2.18. The van der Waals surface area contributed by atoms with E-state index in [1.807, 2.05) is 39.0 Å². The number of rotatable bonds is 12. The third-order valence-electron chi connectivity index (χ3n) is 6.52. The maximum absolute atomic E-state index is 14.0. The first-order valence-corrected chi connectivity index (χ1v) is 14.4. The molecule has 0 saturated heterocycles. The van der Waals surface area contributed by atoms with Crippen LogP contribution >= 0.6 is 15.9 Å². The molecule has 3 aromatic carbocycles. The molecule has 0 bridgehead atoms. The number of benzene rings is 3. The van der Waals surface area contributed by atoms with Crippen LogP contribution in [0.5, 0.6) is 11.5 Å². The van der Waals surface area contributed by atoms with Gasteiger partial charge in [0.05, 0.1) is 29.4 Å². The van der Waals surface area contributed by atoms with Crippen LogP contribution in [0.1, 0.15) is 50.1 Å². The van der Waals surface area contributed by atoms with Gasteiger partial charge in [-0.05, 0) is 67.8 Å². The number of hydrogen-bond donors (Lipinski definition) is 1. The van der Waals surface area contributed by atoms with Gasteiger partial charge in [-0.1, -0.05) is 48.0 Å². The lowest BCUT2D eigenvalue weighted by Gasteiger charge is -2.17. The summed E-state index contributed by atoms with van der Waals surface area (Å²) in [7, 11) is 0. The number of nitrogens with zero attached hydrogens (tertiary/aromatic N) is 3. The van der Waals surface area contributed by atoms with Gasteiger partial charge >= 0.3 is 0 Å². The zero-order chi connectivity index (χ0) is 30.2. The number of aromatic nitrogens is 2. The second-order valence-electron chi connectivity index (χ2n) is 9.55. The van der Waals surface area contributed by atoms with Gasteiger partial charge < -0.3 is 14.8 Å². The van der Waals surface area contributed by atoms with Crippen LogP contribution in [0.25, 0.3) is 10.9 Å². The van der Waals surface area contributed by atoms with Crippen LogP contribution in [-0.4, -0.2) is 35.0 Å². The molecule has 0 aliphatic carbocycles. The van der Waals surface area contributed by atoms with Gasteiger partial charge in [-0.3, -0.25) is 9.59 Å². The molecule has 1 amide bonds. The van der Waals surface area contributed by atoms with Crippen molar-refractivity contribution in [2.24, 2.45) is 5.10 Å². The van der Waals surface area contributed by atoms with Crippen molar-refractivity contribution >= 4 is 44.6 Å². The van der Waals surface area contributed by atoms with Crippen molar-refractivity contribution in [1.82, 2.24) is 9.66 Å². The number of nitrogens with one attached hydrogen (secondary N) is 1. The molecule has 218 valence electrons. The van der Waals surface area contributed by atoms with Crippen LogP contribution in [0.3, 0.4) is 0 Å². The van der Waals surface area contributed by atoms with E-state index in [0.29, 0.717) is 52.4 Å². The quantitative estimate of drug-likeness (QED) is 0.136. The number of anilines is 1. The molecule has 4 rings (SSSR count). The van der Waals surface area contributed by atoms with Gasteiger partial charge in [0.2, 0.25) is 0 Å². The molecule has 42 heavy (non-hydrogen) atoms. The number of hydrogen-bond acceptors (Lipinski definition) is 6. The number of carbonyl (C=O) groups excluding carboxylic acids is 1. The van der Waals surface area contributed by atoms with Gasteiger partial charge in [-0.25, -0.2) is 9.37 Å². The minimum atomic E-state index is -0.540. The summed E-state index contributed by atoms with van der Waals surface area (Å²) in [5.74, 6) is 0.251. The molecule has 0 fully saturated rings. The van der Waals surface area contributed by atoms with Crippen molar-refractivity contribution in [2.45, 2.75) is 39.5 Å². The fraction of sp³-hybridized carbons (Fsp3) is 0.250. The Morgan fingerprint density at radius 3 is 2.69 bits per heavy atom. The fourth-order valence-electron chi connectivity index (χ4n) is 4.28. The number of amides is 1. The van der Waals surface area contributed by atoms with Crippen molar-refractivity contribution < 1.29 is 18.7 Å².